The highest BCUT2D eigenvalue weighted by Gasteiger charge is 2.09. The Labute approximate surface area is 109 Å². The largest absolute Gasteiger partial charge is 0.388 e. The number of thiophene rings is 1. The third-order valence-corrected chi connectivity index (χ3v) is 3.76. The first-order chi connectivity index (χ1) is 8.78. The number of hydrogen-bond acceptors (Lipinski definition) is 4. The van der Waals surface area contributed by atoms with Crippen molar-refractivity contribution in [2.45, 2.75) is 13.5 Å². The van der Waals surface area contributed by atoms with E-state index in [1.165, 1.54) is 10.1 Å². The van der Waals surface area contributed by atoms with Gasteiger partial charge in [-0.25, -0.2) is 9.97 Å². The molecule has 90 valence electrons. The molecule has 0 saturated carbocycles. The number of nitrogens with zero attached hydrogens (tertiary/aromatic N) is 2. The van der Waals surface area contributed by atoms with Crippen molar-refractivity contribution in [3.63, 3.8) is 0 Å². The van der Waals surface area contributed by atoms with Crippen molar-refractivity contribution in [1.29, 1.82) is 0 Å². The van der Waals surface area contributed by atoms with E-state index < -0.39 is 0 Å². The lowest BCUT2D eigenvalue weighted by Gasteiger charge is -2.03. The molecule has 18 heavy (non-hydrogen) atoms. The van der Waals surface area contributed by atoms with Crippen LogP contribution in [0, 0.1) is 6.92 Å². The van der Waals surface area contributed by atoms with E-state index in [1.807, 2.05) is 25.1 Å². The maximum absolute atomic E-state index is 9.17. The number of fused-ring (bicyclic) bond motifs is 1. The van der Waals surface area contributed by atoms with Gasteiger partial charge in [-0.15, -0.1) is 11.3 Å². The fourth-order valence-corrected chi connectivity index (χ4v) is 2.97. The van der Waals surface area contributed by atoms with Crippen molar-refractivity contribution in [2.75, 3.05) is 0 Å². The van der Waals surface area contributed by atoms with Gasteiger partial charge in [-0.05, 0) is 19.1 Å². The summed E-state index contributed by atoms with van der Waals surface area (Å²) < 4.78 is 1.24. The first-order valence-electron chi connectivity index (χ1n) is 5.70. The average molecular weight is 256 g/mol. The molecule has 0 aliphatic carbocycles. The number of benzene rings is 1. The van der Waals surface area contributed by atoms with Crippen molar-refractivity contribution in [3.05, 3.63) is 47.2 Å². The van der Waals surface area contributed by atoms with E-state index >= 15 is 0 Å². The number of aryl methyl sites for hydroxylation is 1. The molecule has 0 bridgehead atoms. The maximum atomic E-state index is 9.17. The van der Waals surface area contributed by atoms with Gasteiger partial charge in [-0.3, -0.25) is 0 Å². The SMILES string of the molecule is Cc1cc(-c2csc3ccccc23)nc(CO)n1. The highest BCUT2D eigenvalue weighted by atomic mass is 32.1. The van der Waals surface area contributed by atoms with Crippen LogP contribution < -0.4 is 0 Å². The van der Waals surface area contributed by atoms with Gasteiger partial charge in [0.15, 0.2) is 5.82 Å². The molecule has 0 spiro atoms. The third kappa shape index (κ3) is 1.89. The van der Waals surface area contributed by atoms with Gasteiger partial charge in [0.25, 0.3) is 0 Å². The van der Waals surface area contributed by atoms with Crippen molar-refractivity contribution in [1.82, 2.24) is 9.97 Å². The summed E-state index contributed by atoms with van der Waals surface area (Å²) in [5.74, 6) is 0.472. The van der Waals surface area contributed by atoms with E-state index in [0.29, 0.717) is 5.82 Å². The summed E-state index contributed by atoms with van der Waals surface area (Å²) in [5, 5.41) is 12.5. The van der Waals surface area contributed by atoms with Crippen molar-refractivity contribution >= 4 is 21.4 Å². The van der Waals surface area contributed by atoms with Gasteiger partial charge in [-0.1, -0.05) is 18.2 Å². The smallest absolute Gasteiger partial charge is 0.154 e. The predicted octanol–water partition coefficient (Wildman–Crippen LogP) is 3.16. The van der Waals surface area contributed by atoms with Crippen molar-refractivity contribution < 1.29 is 5.11 Å². The van der Waals surface area contributed by atoms with Crippen LogP contribution in [0.3, 0.4) is 0 Å². The zero-order valence-electron chi connectivity index (χ0n) is 9.92. The minimum atomic E-state index is -0.128. The fourth-order valence-electron chi connectivity index (χ4n) is 2.01. The van der Waals surface area contributed by atoms with Crippen LogP contribution in [0.25, 0.3) is 21.3 Å². The zero-order chi connectivity index (χ0) is 12.5. The molecule has 0 atom stereocenters. The lowest BCUT2D eigenvalue weighted by molar-refractivity contribution is 0.271. The molecule has 3 nitrogen and oxygen atoms in total. The summed E-state index contributed by atoms with van der Waals surface area (Å²) in [6, 6.07) is 10.2. The molecule has 4 heteroatoms. The van der Waals surface area contributed by atoms with Crippen LogP contribution in [0.5, 0.6) is 0 Å². The summed E-state index contributed by atoms with van der Waals surface area (Å²) in [7, 11) is 0. The van der Waals surface area contributed by atoms with Gasteiger partial charge in [0.1, 0.15) is 6.61 Å². The number of aliphatic hydroxyl groups excluding tert-OH is 1. The van der Waals surface area contributed by atoms with E-state index in [9.17, 15) is 5.11 Å². The molecule has 3 aromatic rings. The summed E-state index contributed by atoms with van der Waals surface area (Å²) in [5.41, 5.74) is 2.86. The second-order valence-electron chi connectivity index (χ2n) is 4.11. The van der Waals surface area contributed by atoms with E-state index in [2.05, 4.69) is 27.5 Å². The highest BCUT2D eigenvalue weighted by Crippen LogP contribution is 2.32. The quantitative estimate of drug-likeness (QED) is 0.766. The van der Waals surface area contributed by atoms with Gasteiger partial charge < -0.3 is 5.11 Å². The third-order valence-electron chi connectivity index (χ3n) is 2.80. The van der Waals surface area contributed by atoms with Gasteiger partial charge in [0, 0.05) is 26.7 Å². The molecule has 2 heterocycles. The second kappa shape index (κ2) is 4.48. The predicted molar refractivity (Wildman–Crippen MR) is 73.5 cm³/mol. The number of aromatic nitrogens is 2. The van der Waals surface area contributed by atoms with Crippen molar-refractivity contribution in [2.24, 2.45) is 0 Å². The molecule has 1 N–H and O–H groups in total. The zero-order valence-corrected chi connectivity index (χ0v) is 10.7. The fraction of sp³-hybridized carbons (Fsp3) is 0.143. The Bertz CT molecular complexity index is 706. The van der Waals surface area contributed by atoms with Crippen LogP contribution in [-0.4, -0.2) is 15.1 Å². The lowest BCUT2D eigenvalue weighted by Crippen LogP contribution is -1.98. The summed E-state index contributed by atoms with van der Waals surface area (Å²) in [4.78, 5) is 8.57. The van der Waals surface area contributed by atoms with Gasteiger partial charge >= 0.3 is 0 Å². The maximum Gasteiger partial charge on any atom is 0.154 e. The second-order valence-corrected chi connectivity index (χ2v) is 5.03. The monoisotopic (exact) mass is 256 g/mol. The Morgan fingerprint density at radius 1 is 1.22 bits per heavy atom. The summed E-state index contributed by atoms with van der Waals surface area (Å²) in [6.07, 6.45) is 0. The molecule has 0 saturated heterocycles. The number of hydrogen-bond donors (Lipinski definition) is 1. The number of rotatable bonds is 2. The number of aliphatic hydroxyl groups is 1. The van der Waals surface area contributed by atoms with Gasteiger partial charge in [0.05, 0.1) is 5.69 Å². The Morgan fingerprint density at radius 2 is 2.06 bits per heavy atom. The van der Waals surface area contributed by atoms with E-state index in [-0.39, 0.29) is 6.61 Å². The van der Waals surface area contributed by atoms with E-state index in [0.717, 1.165) is 17.0 Å². The Hall–Kier alpha value is -1.78. The molecule has 1 aromatic carbocycles. The van der Waals surface area contributed by atoms with Crippen LogP contribution >= 0.6 is 11.3 Å². The molecular weight excluding hydrogens is 244 g/mol. The Kier molecular flexibility index (Phi) is 2.81. The highest BCUT2D eigenvalue weighted by molar-refractivity contribution is 7.17. The Balaban J connectivity index is 2.22. The molecule has 3 rings (SSSR count). The first kappa shape index (κ1) is 11.3. The topological polar surface area (TPSA) is 46.0 Å². The molecule has 0 fully saturated rings. The normalized spacial score (nSPS) is 11.0. The molecule has 0 unspecified atom stereocenters. The molecular formula is C14H12N2OS. The lowest BCUT2D eigenvalue weighted by atomic mass is 10.1. The minimum Gasteiger partial charge on any atom is -0.388 e. The average Bonchev–Trinajstić information content (AvgIpc) is 2.81. The van der Waals surface area contributed by atoms with Gasteiger partial charge in [-0.2, -0.15) is 0 Å². The molecule has 2 aromatic heterocycles. The first-order valence-corrected chi connectivity index (χ1v) is 6.58. The summed E-state index contributed by atoms with van der Waals surface area (Å²) >= 11 is 1.71. The van der Waals surface area contributed by atoms with Gasteiger partial charge in [0.2, 0.25) is 0 Å². The van der Waals surface area contributed by atoms with Crippen LogP contribution in [0.1, 0.15) is 11.5 Å². The van der Waals surface area contributed by atoms with E-state index in [4.69, 9.17) is 0 Å². The van der Waals surface area contributed by atoms with Crippen LogP contribution in [0.2, 0.25) is 0 Å². The Morgan fingerprint density at radius 3 is 2.89 bits per heavy atom. The standard InChI is InChI=1S/C14H12N2OS/c1-9-6-12(16-14(7-17)15-9)11-8-18-13-5-3-2-4-10(11)13/h2-6,8,17H,7H2,1H3. The molecule has 0 aliphatic rings. The van der Waals surface area contributed by atoms with Crippen LogP contribution in [0.4, 0.5) is 0 Å². The van der Waals surface area contributed by atoms with Crippen molar-refractivity contribution in [3.8, 4) is 11.3 Å². The molecule has 0 amide bonds. The minimum absolute atomic E-state index is 0.128. The van der Waals surface area contributed by atoms with Crippen LogP contribution in [0.15, 0.2) is 35.7 Å². The molecule has 0 aliphatic heterocycles. The molecule has 0 radical (unpaired) electrons. The van der Waals surface area contributed by atoms with E-state index in [1.54, 1.807) is 11.3 Å². The summed E-state index contributed by atoms with van der Waals surface area (Å²) in [6.45, 7) is 1.79. The van der Waals surface area contributed by atoms with Crippen LogP contribution in [-0.2, 0) is 6.61 Å².